The Bertz CT molecular complexity index is 1220. The van der Waals surface area contributed by atoms with Gasteiger partial charge in [0.25, 0.3) is 11.6 Å². The summed E-state index contributed by atoms with van der Waals surface area (Å²) in [4.78, 5) is 35.6. The molecule has 0 aliphatic rings. The molecule has 0 radical (unpaired) electrons. The summed E-state index contributed by atoms with van der Waals surface area (Å²) in [7, 11) is 0. The molecule has 10 heteroatoms. The molecule has 0 spiro atoms. The molecule has 0 fully saturated rings. The first-order valence-electron chi connectivity index (χ1n) is 9.76. The van der Waals surface area contributed by atoms with E-state index in [9.17, 15) is 19.7 Å². The predicted molar refractivity (Wildman–Crippen MR) is 122 cm³/mol. The molecule has 9 nitrogen and oxygen atoms in total. The van der Waals surface area contributed by atoms with E-state index < -0.39 is 16.9 Å². The molecular formula is C22H22ClN5O4. The van der Waals surface area contributed by atoms with Gasteiger partial charge in [-0.05, 0) is 64.1 Å². The summed E-state index contributed by atoms with van der Waals surface area (Å²) >= 11 is 6.31. The van der Waals surface area contributed by atoms with Crippen molar-refractivity contribution < 1.29 is 14.5 Å². The molecule has 0 bridgehead atoms. The highest BCUT2D eigenvalue weighted by atomic mass is 35.5. The summed E-state index contributed by atoms with van der Waals surface area (Å²) in [6, 6.07) is 10.2. The highest BCUT2D eigenvalue weighted by Crippen LogP contribution is 2.27. The number of carbonyl (C=O) groups excluding carboxylic acids is 2. The van der Waals surface area contributed by atoms with E-state index in [2.05, 4.69) is 15.7 Å². The number of hydrogen-bond donors (Lipinski definition) is 2. The number of nitro benzene ring substituents is 1. The monoisotopic (exact) mass is 455 g/mol. The fourth-order valence-corrected chi connectivity index (χ4v) is 3.51. The van der Waals surface area contributed by atoms with Crippen molar-refractivity contribution in [3.05, 3.63) is 80.1 Å². The van der Waals surface area contributed by atoms with Crippen LogP contribution in [0.3, 0.4) is 0 Å². The first-order chi connectivity index (χ1) is 15.1. The van der Waals surface area contributed by atoms with Gasteiger partial charge < -0.3 is 10.6 Å². The number of nitrogens with zero attached hydrogens (tertiary/aromatic N) is 3. The third kappa shape index (κ3) is 4.94. The van der Waals surface area contributed by atoms with Gasteiger partial charge in [-0.25, -0.2) is 0 Å². The van der Waals surface area contributed by atoms with Crippen LogP contribution in [0, 0.1) is 30.9 Å². The Morgan fingerprint density at radius 3 is 2.38 bits per heavy atom. The molecule has 2 amide bonds. The first kappa shape index (κ1) is 23.0. The van der Waals surface area contributed by atoms with Gasteiger partial charge in [-0.2, -0.15) is 5.10 Å². The highest BCUT2D eigenvalue weighted by Gasteiger charge is 2.19. The molecule has 2 N–H and O–H groups in total. The Morgan fingerprint density at radius 1 is 1.09 bits per heavy atom. The van der Waals surface area contributed by atoms with Gasteiger partial charge >= 0.3 is 0 Å². The van der Waals surface area contributed by atoms with Crippen molar-refractivity contribution in [3.63, 3.8) is 0 Å². The maximum Gasteiger partial charge on any atom is 0.272 e. The summed E-state index contributed by atoms with van der Waals surface area (Å²) in [5.41, 5.74) is 3.12. The summed E-state index contributed by atoms with van der Waals surface area (Å²) in [6.45, 7) is 7.04. The normalized spacial score (nSPS) is 11.7. The maximum absolute atomic E-state index is 12.6. The summed E-state index contributed by atoms with van der Waals surface area (Å²) in [5, 5.41) is 21.0. The zero-order chi connectivity index (χ0) is 23.6. The lowest BCUT2D eigenvalue weighted by Crippen LogP contribution is -2.25. The molecule has 1 aromatic heterocycles. The molecule has 1 unspecified atom stereocenters. The van der Waals surface area contributed by atoms with Crippen molar-refractivity contribution in [3.8, 4) is 0 Å². The average molecular weight is 456 g/mol. The van der Waals surface area contributed by atoms with Crippen LogP contribution in [-0.4, -0.2) is 26.5 Å². The van der Waals surface area contributed by atoms with Crippen molar-refractivity contribution in [1.29, 1.82) is 0 Å². The Labute approximate surface area is 189 Å². The van der Waals surface area contributed by atoms with Gasteiger partial charge in [-0.1, -0.05) is 11.6 Å². The third-order valence-corrected chi connectivity index (χ3v) is 5.24. The molecule has 0 aliphatic carbocycles. The van der Waals surface area contributed by atoms with Crippen LogP contribution in [0.5, 0.6) is 0 Å². The second-order valence-electron chi connectivity index (χ2n) is 7.44. The quantitative estimate of drug-likeness (QED) is 0.408. The van der Waals surface area contributed by atoms with Gasteiger partial charge in [-0.3, -0.25) is 24.4 Å². The first-order valence-corrected chi connectivity index (χ1v) is 10.1. The second kappa shape index (κ2) is 9.19. The van der Waals surface area contributed by atoms with E-state index in [1.54, 1.807) is 30.7 Å². The van der Waals surface area contributed by atoms with Crippen molar-refractivity contribution in [2.75, 3.05) is 10.6 Å². The van der Waals surface area contributed by atoms with E-state index >= 15 is 0 Å². The zero-order valence-corrected chi connectivity index (χ0v) is 18.7. The second-order valence-corrected chi connectivity index (χ2v) is 7.85. The minimum absolute atomic E-state index is 0.0561. The number of nitrogens with one attached hydrogen (secondary N) is 2. The Morgan fingerprint density at radius 2 is 1.81 bits per heavy atom. The van der Waals surface area contributed by atoms with Crippen molar-refractivity contribution >= 4 is 40.5 Å². The molecule has 0 saturated heterocycles. The van der Waals surface area contributed by atoms with E-state index in [1.165, 1.54) is 24.3 Å². The smallest absolute Gasteiger partial charge is 0.272 e. The molecule has 166 valence electrons. The number of rotatable bonds is 6. The molecule has 3 aromatic rings. The van der Waals surface area contributed by atoms with Gasteiger partial charge in [0.1, 0.15) is 6.04 Å². The Hall–Kier alpha value is -3.72. The number of nitro groups is 1. The number of carbonyl (C=O) groups is 2. The maximum atomic E-state index is 12.6. The molecular weight excluding hydrogens is 434 g/mol. The predicted octanol–water partition coefficient (Wildman–Crippen LogP) is 4.82. The van der Waals surface area contributed by atoms with E-state index in [0.29, 0.717) is 16.9 Å². The average Bonchev–Trinajstić information content (AvgIpc) is 3.06. The van der Waals surface area contributed by atoms with E-state index in [-0.39, 0.29) is 22.2 Å². The number of anilines is 2. The van der Waals surface area contributed by atoms with Crippen LogP contribution in [0.1, 0.15) is 40.3 Å². The topological polar surface area (TPSA) is 119 Å². The van der Waals surface area contributed by atoms with Crippen molar-refractivity contribution in [1.82, 2.24) is 9.78 Å². The van der Waals surface area contributed by atoms with Gasteiger partial charge in [0.15, 0.2) is 0 Å². The molecule has 1 heterocycles. The minimum atomic E-state index is -0.537. The fraction of sp³-hybridized carbons (Fsp3) is 0.227. The molecule has 0 aliphatic heterocycles. The van der Waals surface area contributed by atoms with Gasteiger partial charge in [-0.15, -0.1) is 0 Å². The van der Waals surface area contributed by atoms with Crippen LogP contribution in [-0.2, 0) is 4.79 Å². The highest BCUT2D eigenvalue weighted by molar-refractivity contribution is 6.34. The van der Waals surface area contributed by atoms with Crippen LogP contribution in [0.2, 0.25) is 5.02 Å². The van der Waals surface area contributed by atoms with Crippen LogP contribution >= 0.6 is 11.6 Å². The lowest BCUT2D eigenvalue weighted by atomic mass is 10.1. The number of benzene rings is 2. The van der Waals surface area contributed by atoms with E-state index in [4.69, 9.17) is 11.6 Å². The van der Waals surface area contributed by atoms with E-state index in [1.807, 2.05) is 19.9 Å². The fourth-order valence-electron chi connectivity index (χ4n) is 3.29. The van der Waals surface area contributed by atoms with Gasteiger partial charge in [0.05, 0.1) is 21.3 Å². The van der Waals surface area contributed by atoms with E-state index in [0.717, 1.165) is 11.4 Å². The standard InChI is InChI=1S/C22H22ClN5O4/c1-12-9-16(5-8-20(12)28(31)32)22(30)24-17-6-7-19(18(23)11-17)25-21(29)15(4)27-14(3)10-13(2)26-27/h5-11,15H,1-4H3,(H,24,30)(H,25,29). The lowest BCUT2D eigenvalue weighted by molar-refractivity contribution is -0.385. The summed E-state index contributed by atoms with van der Waals surface area (Å²) in [5.74, 6) is -0.717. The summed E-state index contributed by atoms with van der Waals surface area (Å²) < 4.78 is 1.64. The van der Waals surface area contributed by atoms with Gasteiger partial charge in [0.2, 0.25) is 5.91 Å². The Balaban J connectivity index is 1.70. The number of amides is 2. The molecule has 32 heavy (non-hydrogen) atoms. The van der Waals surface area contributed by atoms with Crippen LogP contribution in [0.15, 0.2) is 42.5 Å². The SMILES string of the molecule is Cc1cc(C)n(C(C)C(=O)Nc2ccc(NC(=O)c3ccc([N+](=O)[O-])c(C)c3)cc2Cl)n1. The van der Waals surface area contributed by atoms with Crippen LogP contribution in [0.4, 0.5) is 17.1 Å². The molecule has 3 rings (SSSR count). The third-order valence-electron chi connectivity index (χ3n) is 4.93. The molecule has 0 saturated carbocycles. The van der Waals surface area contributed by atoms with Gasteiger partial charge in [0, 0.05) is 28.6 Å². The van der Waals surface area contributed by atoms with Crippen molar-refractivity contribution in [2.45, 2.75) is 33.7 Å². The lowest BCUT2D eigenvalue weighted by Gasteiger charge is -2.16. The molecule has 2 aromatic carbocycles. The zero-order valence-electron chi connectivity index (χ0n) is 18.0. The minimum Gasteiger partial charge on any atom is -0.323 e. The number of halogens is 1. The number of hydrogen-bond acceptors (Lipinski definition) is 5. The largest absolute Gasteiger partial charge is 0.323 e. The van der Waals surface area contributed by atoms with Crippen LogP contribution in [0.25, 0.3) is 0 Å². The van der Waals surface area contributed by atoms with Crippen molar-refractivity contribution in [2.24, 2.45) is 0 Å². The molecule has 1 atom stereocenters. The van der Waals surface area contributed by atoms with Crippen LogP contribution < -0.4 is 10.6 Å². The number of aromatic nitrogens is 2. The Kier molecular flexibility index (Phi) is 6.59. The number of aryl methyl sites for hydroxylation is 3. The summed E-state index contributed by atoms with van der Waals surface area (Å²) in [6.07, 6.45) is 0.